The largest absolute Gasteiger partial charge is 0.297 e. The van der Waals surface area contributed by atoms with Gasteiger partial charge in [-0.2, -0.15) is 8.42 Å². The minimum Gasteiger partial charge on any atom is -0.291 e. The van der Waals surface area contributed by atoms with Crippen molar-refractivity contribution in [2.24, 2.45) is 0 Å². The van der Waals surface area contributed by atoms with E-state index in [4.69, 9.17) is 4.18 Å². The van der Waals surface area contributed by atoms with Crippen LogP contribution in [-0.2, 0) is 14.3 Å². The second-order valence-electron chi connectivity index (χ2n) is 5.37. The van der Waals surface area contributed by atoms with Gasteiger partial charge in [0.25, 0.3) is 10.1 Å². The lowest BCUT2D eigenvalue weighted by atomic mass is 10.0. The molecule has 0 N–H and O–H groups in total. The Kier molecular flexibility index (Phi) is 5.69. The molecule has 0 aliphatic rings. The lowest BCUT2D eigenvalue weighted by molar-refractivity contribution is 0.0787. The van der Waals surface area contributed by atoms with Crippen molar-refractivity contribution in [2.45, 2.75) is 37.7 Å². The summed E-state index contributed by atoms with van der Waals surface area (Å²) in [6.45, 7) is 3.75. The van der Waals surface area contributed by atoms with Gasteiger partial charge in [-0.15, -0.1) is 0 Å². The third-order valence-electron chi connectivity index (χ3n) is 3.45. The van der Waals surface area contributed by atoms with Crippen LogP contribution in [0.15, 0.2) is 59.5 Å². The quantitative estimate of drug-likeness (QED) is 0.572. The first kappa shape index (κ1) is 17.4. The fraction of sp³-hybridized carbons (Fsp3) is 0.278. The zero-order valence-electron chi connectivity index (χ0n) is 13.2. The molecule has 1 atom stereocenters. The minimum absolute atomic E-state index is 0.0602. The number of aryl methyl sites for hydroxylation is 1. The molecule has 4 nitrogen and oxygen atoms in total. The molecule has 2 rings (SSSR count). The Bertz CT molecular complexity index is 749. The number of Topliss-reactive ketones (excluding diaryl/α,β-unsaturated/α-hetero) is 1. The van der Waals surface area contributed by atoms with Crippen LogP contribution in [0, 0.1) is 6.92 Å². The second kappa shape index (κ2) is 7.53. The van der Waals surface area contributed by atoms with Crippen LogP contribution in [0.5, 0.6) is 0 Å². The molecule has 0 saturated heterocycles. The number of benzene rings is 2. The molecule has 0 saturated carbocycles. The van der Waals surface area contributed by atoms with Gasteiger partial charge < -0.3 is 0 Å². The molecule has 2 aromatic carbocycles. The van der Waals surface area contributed by atoms with Gasteiger partial charge in [-0.05, 0) is 25.5 Å². The van der Waals surface area contributed by atoms with E-state index < -0.39 is 16.2 Å². The number of ketones is 1. The lowest BCUT2D eigenvalue weighted by Crippen LogP contribution is -2.27. The number of carbonyl (C=O) groups excluding carboxylic acids is 1. The lowest BCUT2D eigenvalue weighted by Gasteiger charge is -2.16. The van der Waals surface area contributed by atoms with Gasteiger partial charge in [-0.3, -0.25) is 8.98 Å². The molecular formula is C18H20O4S. The molecule has 0 aliphatic heterocycles. The van der Waals surface area contributed by atoms with E-state index >= 15 is 0 Å². The summed E-state index contributed by atoms with van der Waals surface area (Å²) in [4.78, 5) is 12.6. The Morgan fingerprint density at radius 1 is 1.04 bits per heavy atom. The van der Waals surface area contributed by atoms with Crippen molar-refractivity contribution < 1.29 is 17.4 Å². The van der Waals surface area contributed by atoms with Gasteiger partial charge in [-0.25, -0.2) is 0 Å². The highest BCUT2D eigenvalue weighted by molar-refractivity contribution is 7.86. The highest BCUT2D eigenvalue weighted by atomic mass is 32.2. The summed E-state index contributed by atoms with van der Waals surface area (Å²) in [5.74, 6) is -0.317. The Labute approximate surface area is 137 Å². The molecule has 0 aliphatic carbocycles. The Hall–Kier alpha value is -1.98. The predicted octanol–water partition coefficient (Wildman–Crippen LogP) is 3.75. The zero-order chi connectivity index (χ0) is 16.9. The SMILES string of the molecule is CCCC(OS(=O)(=O)c1ccc(C)cc1)C(=O)c1ccccc1. The van der Waals surface area contributed by atoms with Gasteiger partial charge in [0.2, 0.25) is 0 Å². The van der Waals surface area contributed by atoms with E-state index in [-0.39, 0.29) is 10.7 Å². The van der Waals surface area contributed by atoms with Crippen molar-refractivity contribution in [3.8, 4) is 0 Å². The topological polar surface area (TPSA) is 60.4 Å². The molecule has 5 heteroatoms. The van der Waals surface area contributed by atoms with Crippen LogP contribution in [0.2, 0.25) is 0 Å². The van der Waals surface area contributed by atoms with Crippen LogP contribution in [0.4, 0.5) is 0 Å². The first-order valence-electron chi connectivity index (χ1n) is 7.53. The molecule has 0 radical (unpaired) electrons. The predicted molar refractivity (Wildman–Crippen MR) is 88.9 cm³/mol. The molecule has 122 valence electrons. The van der Waals surface area contributed by atoms with Crippen LogP contribution in [0.25, 0.3) is 0 Å². The van der Waals surface area contributed by atoms with Gasteiger partial charge in [0.15, 0.2) is 5.78 Å². The summed E-state index contributed by atoms with van der Waals surface area (Å²) in [6, 6.07) is 15.0. The van der Waals surface area contributed by atoms with E-state index in [1.807, 2.05) is 13.8 Å². The molecule has 0 fully saturated rings. The van der Waals surface area contributed by atoms with Crippen molar-refractivity contribution in [1.82, 2.24) is 0 Å². The maximum absolute atomic E-state index is 12.5. The molecule has 1 unspecified atom stereocenters. The molecular weight excluding hydrogens is 312 g/mol. The molecule has 2 aromatic rings. The molecule has 0 aromatic heterocycles. The Balaban J connectivity index is 2.25. The first-order valence-corrected chi connectivity index (χ1v) is 8.94. The highest BCUT2D eigenvalue weighted by Crippen LogP contribution is 2.19. The minimum atomic E-state index is -3.97. The summed E-state index contributed by atoms with van der Waals surface area (Å²) in [5, 5.41) is 0. The summed E-state index contributed by atoms with van der Waals surface area (Å²) < 4.78 is 30.0. The molecule has 0 heterocycles. The highest BCUT2D eigenvalue weighted by Gasteiger charge is 2.27. The number of rotatable bonds is 7. The van der Waals surface area contributed by atoms with E-state index in [0.29, 0.717) is 18.4 Å². The van der Waals surface area contributed by atoms with Gasteiger partial charge in [-0.1, -0.05) is 61.4 Å². The van der Waals surface area contributed by atoms with Crippen molar-refractivity contribution >= 4 is 15.9 Å². The molecule has 0 amide bonds. The van der Waals surface area contributed by atoms with E-state index in [2.05, 4.69) is 0 Å². The summed E-state index contributed by atoms with van der Waals surface area (Å²) in [7, 11) is -3.97. The average Bonchev–Trinajstić information content (AvgIpc) is 2.55. The number of carbonyl (C=O) groups is 1. The maximum Gasteiger partial charge on any atom is 0.297 e. The fourth-order valence-electron chi connectivity index (χ4n) is 2.19. The van der Waals surface area contributed by atoms with Crippen LogP contribution in [0.3, 0.4) is 0 Å². The molecule has 0 spiro atoms. The third kappa shape index (κ3) is 4.50. The van der Waals surface area contributed by atoms with Gasteiger partial charge in [0.1, 0.15) is 6.10 Å². The zero-order valence-corrected chi connectivity index (χ0v) is 14.0. The van der Waals surface area contributed by atoms with Crippen LogP contribution < -0.4 is 0 Å². The van der Waals surface area contributed by atoms with Crippen molar-refractivity contribution in [3.63, 3.8) is 0 Å². The third-order valence-corrected chi connectivity index (χ3v) is 4.79. The summed E-state index contributed by atoms with van der Waals surface area (Å²) in [5.41, 5.74) is 1.40. The van der Waals surface area contributed by atoms with E-state index in [9.17, 15) is 13.2 Å². The molecule has 0 bridgehead atoms. The monoisotopic (exact) mass is 332 g/mol. The van der Waals surface area contributed by atoms with Crippen molar-refractivity contribution in [2.75, 3.05) is 0 Å². The van der Waals surface area contributed by atoms with Gasteiger partial charge >= 0.3 is 0 Å². The smallest absolute Gasteiger partial charge is 0.291 e. The summed E-state index contributed by atoms with van der Waals surface area (Å²) >= 11 is 0. The number of hydrogen-bond acceptors (Lipinski definition) is 4. The van der Waals surface area contributed by atoms with E-state index in [1.54, 1.807) is 42.5 Å². The van der Waals surface area contributed by atoms with Crippen molar-refractivity contribution in [3.05, 3.63) is 65.7 Å². The van der Waals surface area contributed by atoms with E-state index in [0.717, 1.165) is 5.56 Å². The number of hydrogen-bond donors (Lipinski definition) is 0. The Morgan fingerprint density at radius 2 is 1.65 bits per heavy atom. The van der Waals surface area contributed by atoms with Crippen LogP contribution in [0.1, 0.15) is 35.7 Å². The first-order chi connectivity index (χ1) is 10.9. The normalized spacial score (nSPS) is 12.8. The maximum atomic E-state index is 12.5. The Morgan fingerprint density at radius 3 is 2.22 bits per heavy atom. The van der Waals surface area contributed by atoms with Crippen molar-refractivity contribution in [1.29, 1.82) is 0 Å². The fourth-order valence-corrected chi connectivity index (χ4v) is 3.26. The second-order valence-corrected chi connectivity index (χ2v) is 6.94. The van der Waals surface area contributed by atoms with E-state index in [1.165, 1.54) is 12.1 Å². The van der Waals surface area contributed by atoms with Crippen LogP contribution in [-0.4, -0.2) is 20.3 Å². The molecule has 23 heavy (non-hydrogen) atoms. The van der Waals surface area contributed by atoms with Gasteiger partial charge in [0.05, 0.1) is 4.90 Å². The van der Waals surface area contributed by atoms with Crippen LogP contribution >= 0.6 is 0 Å². The van der Waals surface area contributed by atoms with Gasteiger partial charge in [0, 0.05) is 5.56 Å². The average molecular weight is 332 g/mol. The summed E-state index contributed by atoms with van der Waals surface area (Å²) in [6.07, 6.45) is -0.0143. The standard InChI is InChI=1S/C18H20O4S/c1-3-7-17(18(19)15-8-5-4-6-9-15)22-23(20,21)16-12-10-14(2)11-13-16/h4-6,8-13,17H,3,7H2,1-2H3.